The van der Waals surface area contributed by atoms with Crippen molar-refractivity contribution in [1.29, 1.82) is 0 Å². The lowest BCUT2D eigenvalue weighted by molar-refractivity contribution is -0.133. The Labute approximate surface area is 104 Å². The zero-order valence-electron chi connectivity index (χ0n) is 9.90. The molecule has 1 heterocycles. The molecule has 1 N–H and O–H groups in total. The van der Waals surface area contributed by atoms with Crippen LogP contribution in [0, 0.1) is 11.6 Å². The summed E-state index contributed by atoms with van der Waals surface area (Å²) in [5.74, 6) is -2.03. The van der Waals surface area contributed by atoms with Crippen molar-refractivity contribution >= 4 is 5.91 Å². The number of aliphatic hydroxyl groups is 1. The number of halogens is 2. The van der Waals surface area contributed by atoms with Crippen molar-refractivity contribution in [1.82, 2.24) is 4.90 Å². The van der Waals surface area contributed by atoms with Gasteiger partial charge in [0.2, 0.25) is 5.91 Å². The number of rotatable bonds is 2. The lowest BCUT2D eigenvalue weighted by Crippen LogP contribution is -2.42. The van der Waals surface area contributed by atoms with Crippen LogP contribution in [0.3, 0.4) is 0 Å². The zero-order valence-corrected chi connectivity index (χ0v) is 9.90. The van der Waals surface area contributed by atoms with Gasteiger partial charge in [0.15, 0.2) is 11.6 Å². The number of piperidine rings is 1. The quantitative estimate of drug-likeness (QED) is 0.869. The number of aliphatic hydroxyl groups excluding tert-OH is 1. The molecule has 18 heavy (non-hydrogen) atoms. The molecule has 1 aromatic rings. The maximum Gasteiger partial charge on any atom is 0.227 e. The molecule has 1 atom stereocenters. The highest BCUT2D eigenvalue weighted by Gasteiger charge is 2.22. The van der Waals surface area contributed by atoms with Crippen LogP contribution in [0.2, 0.25) is 0 Å². The Balaban J connectivity index is 2.00. The predicted molar refractivity (Wildman–Crippen MR) is 61.9 cm³/mol. The van der Waals surface area contributed by atoms with Gasteiger partial charge in [0.1, 0.15) is 0 Å². The molecule has 0 spiro atoms. The third-order valence-electron chi connectivity index (χ3n) is 3.09. The van der Waals surface area contributed by atoms with Gasteiger partial charge in [0.05, 0.1) is 12.5 Å². The zero-order chi connectivity index (χ0) is 13.1. The Kier molecular flexibility index (Phi) is 3.91. The number of likely N-dealkylation sites (tertiary alicyclic amines) is 1. The van der Waals surface area contributed by atoms with Crippen molar-refractivity contribution < 1.29 is 18.7 Å². The number of carbonyl (C=O) groups excluding carboxylic acids is 1. The van der Waals surface area contributed by atoms with E-state index in [1.807, 2.05) is 0 Å². The minimum atomic E-state index is -0.945. The average Bonchev–Trinajstić information content (AvgIpc) is 2.34. The van der Waals surface area contributed by atoms with Gasteiger partial charge >= 0.3 is 0 Å². The molecule has 98 valence electrons. The molecular formula is C13H15F2NO2. The first-order valence-electron chi connectivity index (χ1n) is 5.96. The van der Waals surface area contributed by atoms with Crippen LogP contribution in [0.5, 0.6) is 0 Å². The van der Waals surface area contributed by atoms with E-state index < -0.39 is 17.7 Å². The average molecular weight is 255 g/mol. The molecule has 1 aliphatic heterocycles. The van der Waals surface area contributed by atoms with Gasteiger partial charge in [-0.2, -0.15) is 0 Å². The van der Waals surface area contributed by atoms with E-state index in [9.17, 15) is 18.7 Å². The van der Waals surface area contributed by atoms with Gasteiger partial charge in [-0.3, -0.25) is 4.79 Å². The normalized spacial score (nSPS) is 19.9. The maximum atomic E-state index is 13.0. The SMILES string of the molecule is O=C(Cc1ccc(F)c(F)c1)N1CCC[C@H](O)C1. The van der Waals surface area contributed by atoms with Gasteiger partial charge in [0.25, 0.3) is 0 Å². The van der Waals surface area contributed by atoms with Crippen molar-refractivity contribution in [3.05, 3.63) is 35.4 Å². The Hall–Kier alpha value is -1.49. The minimum absolute atomic E-state index is 0.0317. The number of benzene rings is 1. The highest BCUT2D eigenvalue weighted by Crippen LogP contribution is 2.14. The Bertz CT molecular complexity index is 451. The number of hydrogen-bond donors (Lipinski definition) is 1. The van der Waals surface area contributed by atoms with Crippen molar-refractivity contribution in [3.8, 4) is 0 Å². The lowest BCUT2D eigenvalue weighted by atomic mass is 10.1. The largest absolute Gasteiger partial charge is 0.391 e. The van der Waals surface area contributed by atoms with Gasteiger partial charge in [-0.25, -0.2) is 8.78 Å². The third kappa shape index (κ3) is 3.04. The van der Waals surface area contributed by atoms with E-state index in [4.69, 9.17) is 0 Å². The van der Waals surface area contributed by atoms with Crippen LogP contribution in [-0.4, -0.2) is 35.1 Å². The molecule has 0 bridgehead atoms. The summed E-state index contributed by atoms with van der Waals surface area (Å²) in [5.41, 5.74) is 0.443. The summed E-state index contributed by atoms with van der Waals surface area (Å²) < 4.78 is 25.7. The van der Waals surface area contributed by atoms with E-state index >= 15 is 0 Å². The molecule has 0 radical (unpaired) electrons. The maximum absolute atomic E-state index is 13.0. The van der Waals surface area contributed by atoms with E-state index in [1.54, 1.807) is 4.90 Å². The van der Waals surface area contributed by atoms with Crippen LogP contribution in [0.15, 0.2) is 18.2 Å². The number of amides is 1. The molecule has 0 aromatic heterocycles. The van der Waals surface area contributed by atoms with E-state index in [0.29, 0.717) is 25.1 Å². The summed E-state index contributed by atoms with van der Waals surface area (Å²) in [5, 5.41) is 9.47. The fourth-order valence-electron chi connectivity index (χ4n) is 2.12. The molecule has 2 rings (SSSR count). The van der Waals surface area contributed by atoms with Crippen LogP contribution < -0.4 is 0 Å². The monoisotopic (exact) mass is 255 g/mol. The topological polar surface area (TPSA) is 40.5 Å². The number of carbonyl (C=O) groups is 1. The van der Waals surface area contributed by atoms with Crippen LogP contribution >= 0.6 is 0 Å². The van der Waals surface area contributed by atoms with Crippen molar-refractivity contribution in [2.24, 2.45) is 0 Å². The van der Waals surface area contributed by atoms with E-state index in [2.05, 4.69) is 0 Å². The van der Waals surface area contributed by atoms with E-state index in [1.165, 1.54) is 6.07 Å². The molecule has 1 aromatic carbocycles. The Morgan fingerprint density at radius 2 is 2.17 bits per heavy atom. The molecule has 3 nitrogen and oxygen atoms in total. The third-order valence-corrected chi connectivity index (χ3v) is 3.09. The van der Waals surface area contributed by atoms with Crippen LogP contribution in [0.4, 0.5) is 8.78 Å². The molecular weight excluding hydrogens is 240 g/mol. The first-order chi connectivity index (χ1) is 8.56. The number of hydrogen-bond acceptors (Lipinski definition) is 2. The fourth-order valence-corrected chi connectivity index (χ4v) is 2.12. The van der Waals surface area contributed by atoms with Crippen LogP contribution in [0.25, 0.3) is 0 Å². The van der Waals surface area contributed by atoms with Crippen LogP contribution in [-0.2, 0) is 11.2 Å². The van der Waals surface area contributed by atoms with Crippen molar-refractivity contribution in [2.75, 3.05) is 13.1 Å². The number of nitrogens with zero attached hydrogens (tertiary/aromatic N) is 1. The van der Waals surface area contributed by atoms with Crippen molar-refractivity contribution in [3.63, 3.8) is 0 Å². The highest BCUT2D eigenvalue weighted by atomic mass is 19.2. The second-order valence-electron chi connectivity index (χ2n) is 4.56. The molecule has 5 heteroatoms. The highest BCUT2D eigenvalue weighted by molar-refractivity contribution is 5.78. The van der Waals surface area contributed by atoms with Crippen LogP contribution in [0.1, 0.15) is 18.4 Å². The van der Waals surface area contributed by atoms with Gasteiger partial charge in [-0.05, 0) is 30.5 Å². The second-order valence-corrected chi connectivity index (χ2v) is 4.56. The summed E-state index contributed by atoms with van der Waals surface area (Å²) >= 11 is 0. The Morgan fingerprint density at radius 1 is 1.39 bits per heavy atom. The van der Waals surface area contributed by atoms with E-state index in [-0.39, 0.29) is 12.3 Å². The van der Waals surface area contributed by atoms with Crippen molar-refractivity contribution in [2.45, 2.75) is 25.4 Å². The molecule has 1 aliphatic rings. The summed E-state index contributed by atoms with van der Waals surface area (Å²) in [6, 6.07) is 3.45. The summed E-state index contributed by atoms with van der Waals surface area (Å²) in [4.78, 5) is 13.5. The van der Waals surface area contributed by atoms with Gasteiger partial charge < -0.3 is 10.0 Å². The first-order valence-corrected chi connectivity index (χ1v) is 5.96. The van der Waals surface area contributed by atoms with Gasteiger partial charge in [-0.1, -0.05) is 6.07 Å². The molecule has 1 amide bonds. The summed E-state index contributed by atoms with van der Waals surface area (Å²) in [7, 11) is 0. The second kappa shape index (κ2) is 5.44. The van der Waals surface area contributed by atoms with Gasteiger partial charge in [-0.15, -0.1) is 0 Å². The number of β-amino-alcohol motifs (C(OH)–C–C–N with tert-alkyl or cyclic N) is 1. The molecule has 1 saturated heterocycles. The minimum Gasteiger partial charge on any atom is -0.391 e. The fraction of sp³-hybridized carbons (Fsp3) is 0.462. The predicted octanol–water partition coefficient (Wildman–Crippen LogP) is 1.49. The first kappa shape index (κ1) is 13.0. The lowest BCUT2D eigenvalue weighted by Gasteiger charge is -2.30. The summed E-state index contributed by atoms with van der Waals surface area (Å²) in [6.45, 7) is 0.933. The molecule has 1 fully saturated rings. The smallest absolute Gasteiger partial charge is 0.227 e. The molecule has 0 aliphatic carbocycles. The van der Waals surface area contributed by atoms with Gasteiger partial charge in [0, 0.05) is 13.1 Å². The Morgan fingerprint density at radius 3 is 2.83 bits per heavy atom. The molecule has 0 saturated carbocycles. The molecule has 0 unspecified atom stereocenters. The van der Waals surface area contributed by atoms with E-state index in [0.717, 1.165) is 18.6 Å². The standard InChI is InChI=1S/C13H15F2NO2/c14-11-4-3-9(6-12(11)15)7-13(18)16-5-1-2-10(17)8-16/h3-4,6,10,17H,1-2,5,7-8H2/t10-/m0/s1. The summed E-state index contributed by atoms with van der Waals surface area (Å²) in [6.07, 6.45) is 1.02.